The third kappa shape index (κ3) is 4.59. The minimum Gasteiger partial charge on any atom is -0.454 e. The first-order chi connectivity index (χ1) is 13.7. The van der Waals surface area contributed by atoms with Gasteiger partial charge >= 0.3 is 0 Å². The van der Waals surface area contributed by atoms with E-state index in [1.54, 1.807) is 18.2 Å². The standard InChI is InChI=1S/C22H30N2O4/c25-21(9-6-16-4-2-1-3-5-16)23-18-10-12-24(13-11-18)22(26)17-7-8-19-20(14-17)28-15-27-19/h7-8,14,16,18H,1-6,9-13,15H2,(H,23,25). The van der Waals surface area contributed by atoms with Crippen LogP contribution in [0.5, 0.6) is 11.5 Å². The lowest BCUT2D eigenvalue weighted by Crippen LogP contribution is -2.46. The van der Waals surface area contributed by atoms with E-state index in [1.807, 2.05) is 4.90 Å². The van der Waals surface area contributed by atoms with Crippen LogP contribution in [-0.2, 0) is 4.79 Å². The number of benzene rings is 1. The van der Waals surface area contributed by atoms with Crippen molar-refractivity contribution in [3.8, 4) is 11.5 Å². The van der Waals surface area contributed by atoms with Crippen molar-refractivity contribution in [3.05, 3.63) is 23.8 Å². The molecule has 1 aliphatic carbocycles. The second-order valence-electron chi connectivity index (χ2n) is 8.24. The van der Waals surface area contributed by atoms with Crippen LogP contribution in [0.1, 0.15) is 68.1 Å². The lowest BCUT2D eigenvalue weighted by Gasteiger charge is -2.32. The molecule has 2 fully saturated rings. The molecule has 6 nitrogen and oxygen atoms in total. The van der Waals surface area contributed by atoms with Gasteiger partial charge in [0, 0.05) is 31.1 Å². The van der Waals surface area contributed by atoms with Crippen molar-refractivity contribution in [1.82, 2.24) is 10.2 Å². The van der Waals surface area contributed by atoms with Crippen molar-refractivity contribution in [2.75, 3.05) is 19.9 Å². The molecule has 2 amide bonds. The normalized spacial score (nSPS) is 20.2. The molecule has 1 N–H and O–H groups in total. The Balaban J connectivity index is 1.21. The van der Waals surface area contributed by atoms with Crippen LogP contribution < -0.4 is 14.8 Å². The highest BCUT2D eigenvalue weighted by Crippen LogP contribution is 2.33. The number of fused-ring (bicyclic) bond motifs is 1. The number of nitrogens with zero attached hydrogens (tertiary/aromatic N) is 1. The zero-order chi connectivity index (χ0) is 19.3. The summed E-state index contributed by atoms with van der Waals surface area (Å²) in [6.07, 6.45) is 9.85. The highest BCUT2D eigenvalue weighted by Gasteiger charge is 2.26. The summed E-state index contributed by atoms with van der Waals surface area (Å²) < 4.78 is 10.7. The Kier molecular flexibility index (Phi) is 6.03. The molecule has 1 saturated carbocycles. The molecule has 0 spiro atoms. The van der Waals surface area contributed by atoms with E-state index in [-0.39, 0.29) is 24.6 Å². The quantitative estimate of drug-likeness (QED) is 0.841. The predicted molar refractivity (Wildman–Crippen MR) is 105 cm³/mol. The molecule has 152 valence electrons. The van der Waals surface area contributed by atoms with E-state index in [0.29, 0.717) is 36.6 Å². The fourth-order valence-electron chi connectivity index (χ4n) is 4.55. The molecule has 0 radical (unpaired) electrons. The molecule has 0 bridgehead atoms. The monoisotopic (exact) mass is 386 g/mol. The Labute approximate surface area is 166 Å². The number of hydrogen-bond acceptors (Lipinski definition) is 4. The summed E-state index contributed by atoms with van der Waals surface area (Å²) in [6, 6.07) is 5.51. The highest BCUT2D eigenvalue weighted by atomic mass is 16.7. The second-order valence-corrected chi connectivity index (χ2v) is 8.24. The number of hydrogen-bond donors (Lipinski definition) is 1. The number of ether oxygens (including phenoxy) is 2. The van der Waals surface area contributed by atoms with Crippen LogP contribution in [0.25, 0.3) is 0 Å². The number of carbonyl (C=O) groups is 2. The largest absolute Gasteiger partial charge is 0.454 e. The average molecular weight is 386 g/mol. The number of carbonyl (C=O) groups excluding carboxylic acids is 2. The zero-order valence-electron chi connectivity index (χ0n) is 16.5. The van der Waals surface area contributed by atoms with Crippen molar-refractivity contribution < 1.29 is 19.1 Å². The first-order valence-electron chi connectivity index (χ1n) is 10.7. The van der Waals surface area contributed by atoms with E-state index >= 15 is 0 Å². The minimum absolute atomic E-state index is 0.0142. The van der Waals surface area contributed by atoms with Gasteiger partial charge in [-0.15, -0.1) is 0 Å². The Morgan fingerprint density at radius 1 is 1.00 bits per heavy atom. The van der Waals surface area contributed by atoms with Gasteiger partial charge in [-0.05, 0) is 43.4 Å². The van der Waals surface area contributed by atoms with Gasteiger partial charge in [0.25, 0.3) is 5.91 Å². The van der Waals surface area contributed by atoms with Crippen molar-refractivity contribution in [2.45, 2.75) is 63.8 Å². The van der Waals surface area contributed by atoms with Gasteiger partial charge in [0.1, 0.15) is 0 Å². The van der Waals surface area contributed by atoms with E-state index in [9.17, 15) is 9.59 Å². The van der Waals surface area contributed by atoms with Crippen molar-refractivity contribution in [3.63, 3.8) is 0 Å². The summed E-state index contributed by atoms with van der Waals surface area (Å²) in [5.41, 5.74) is 0.624. The molecule has 0 unspecified atom stereocenters. The van der Waals surface area contributed by atoms with Gasteiger partial charge in [0.05, 0.1) is 0 Å². The molecule has 1 aromatic rings. The molecular weight excluding hydrogens is 356 g/mol. The summed E-state index contributed by atoms with van der Waals surface area (Å²) >= 11 is 0. The first-order valence-corrected chi connectivity index (χ1v) is 10.7. The van der Waals surface area contributed by atoms with Crippen molar-refractivity contribution in [1.29, 1.82) is 0 Å². The van der Waals surface area contributed by atoms with Crippen molar-refractivity contribution >= 4 is 11.8 Å². The minimum atomic E-state index is 0.0142. The molecule has 2 aliphatic heterocycles. The molecule has 6 heteroatoms. The maximum Gasteiger partial charge on any atom is 0.253 e. The Morgan fingerprint density at radius 2 is 1.75 bits per heavy atom. The number of nitrogens with one attached hydrogen (secondary N) is 1. The summed E-state index contributed by atoms with van der Waals surface area (Å²) in [4.78, 5) is 26.9. The van der Waals surface area contributed by atoms with Gasteiger partial charge in [0.2, 0.25) is 12.7 Å². The molecule has 1 saturated heterocycles. The summed E-state index contributed by atoms with van der Waals surface area (Å²) in [5, 5.41) is 3.18. The lowest BCUT2D eigenvalue weighted by atomic mass is 9.86. The van der Waals surface area contributed by atoms with Crippen molar-refractivity contribution in [2.24, 2.45) is 5.92 Å². The summed E-state index contributed by atoms with van der Waals surface area (Å²) in [6.45, 7) is 1.54. The topological polar surface area (TPSA) is 67.9 Å². The Hall–Kier alpha value is -2.24. The lowest BCUT2D eigenvalue weighted by molar-refractivity contribution is -0.122. The maximum atomic E-state index is 12.7. The molecule has 0 atom stereocenters. The summed E-state index contributed by atoms with van der Waals surface area (Å²) in [5.74, 6) is 2.24. The van der Waals surface area contributed by atoms with Gasteiger partial charge in [-0.1, -0.05) is 32.1 Å². The van der Waals surface area contributed by atoms with Gasteiger partial charge in [-0.3, -0.25) is 9.59 Å². The molecular formula is C22H30N2O4. The Bertz CT molecular complexity index is 706. The van der Waals surface area contributed by atoms with Crippen LogP contribution in [0.15, 0.2) is 18.2 Å². The summed E-state index contributed by atoms with van der Waals surface area (Å²) in [7, 11) is 0. The first kappa shape index (κ1) is 19.1. The highest BCUT2D eigenvalue weighted by molar-refractivity contribution is 5.95. The van der Waals surface area contributed by atoms with Gasteiger partial charge in [-0.25, -0.2) is 0 Å². The number of piperidine rings is 1. The predicted octanol–water partition coefficient (Wildman–Crippen LogP) is 3.50. The Morgan fingerprint density at radius 3 is 2.54 bits per heavy atom. The van der Waals surface area contributed by atoms with E-state index in [1.165, 1.54) is 32.1 Å². The number of likely N-dealkylation sites (tertiary alicyclic amines) is 1. The third-order valence-electron chi connectivity index (χ3n) is 6.27. The number of amides is 2. The molecule has 28 heavy (non-hydrogen) atoms. The number of rotatable bonds is 5. The molecule has 4 rings (SSSR count). The van der Waals surface area contributed by atoms with Crippen LogP contribution >= 0.6 is 0 Å². The molecule has 1 aromatic carbocycles. The van der Waals surface area contributed by atoms with E-state index in [0.717, 1.165) is 25.2 Å². The van der Waals surface area contributed by atoms with Gasteiger partial charge < -0.3 is 19.7 Å². The van der Waals surface area contributed by atoms with Crippen LogP contribution in [0.2, 0.25) is 0 Å². The molecule has 3 aliphatic rings. The fraction of sp³-hybridized carbons (Fsp3) is 0.636. The fourth-order valence-corrected chi connectivity index (χ4v) is 4.55. The average Bonchev–Trinajstić information content (AvgIpc) is 3.21. The molecule has 2 heterocycles. The van der Waals surface area contributed by atoms with Crippen LogP contribution in [0.3, 0.4) is 0 Å². The molecule has 0 aromatic heterocycles. The SMILES string of the molecule is O=C(CCC1CCCCC1)NC1CCN(C(=O)c2ccc3c(c2)OCO3)CC1. The van der Waals surface area contributed by atoms with E-state index in [2.05, 4.69) is 5.32 Å². The third-order valence-corrected chi connectivity index (χ3v) is 6.27. The van der Waals surface area contributed by atoms with Gasteiger partial charge in [-0.2, -0.15) is 0 Å². The van der Waals surface area contributed by atoms with Crippen LogP contribution in [0.4, 0.5) is 0 Å². The van der Waals surface area contributed by atoms with Crippen LogP contribution in [-0.4, -0.2) is 42.6 Å². The smallest absolute Gasteiger partial charge is 0.253 e. The van der Waals surface area contributed by atoms with Gasteiger partial charge in [0.15, 0.2) is 11.5 Å². The van der Waals surface area contributed by atoms with E-state index < -0.39 is 0 Å². The van der Waals surface area contributed by atoms with E-state index in [4.69, 9.17) is 9.47 Å². The maximum absolute atomic E-state index is 12.7. The zero-order valence-corrected chi connectivity index (χ0v) is 16.5. The second kappa shape index (κ2) is 8.84. The van der Waals surface area contributed by atoms with Crippen LogP contribution in [0, 0.1) is 5.92 Å².